The molecular weight excluding hydrogens is 484 g/mol. The van der Waals surface area contributed by atoms with Crippen LogP contribution in [0.2, 0.25) is 0 Å². The first-order valence-corrected chi connectivity index (χ1v) is 12.0. The molecule has 8 heteroatoms. The largest absolute Gasteiger partial charge is 0.380 e. The molecule has 33 heavy (non-hydrogen) atoms. The van der Waals surface area contributed by atoms with Gasteiger partial charge >= 0.3 is 6.03 Å². The van der Waals surface area contributed by atoms with Gasteiger partial charge in [0.15, 0.2) is 0 Å². The van der Waals surface area contributed by atoms with E-state index in [-0.39, 0.29) is 23.6 Å². The van der Waals surface area contributed by atoms with Gasteiger partial charge in [-0.15, -0.1) is 0 Å². The third kappa shape index (κ3) is 5.23. The standard InChI is InChI=1S/C25H31BrN4O3/c1-15-11-16-12-19(9-10-21(16)25(2,3)29-15)27-23(31)22-13-20(33-4)14-30(22)24(32)28-18-7-5-17(26)6-8-18/h5-10,12,15,20,22,29H,11,13-14H2,1-4H3,(H,27,31)(H,28,32)/t15?,20-,22-/m1/s1. The Morgan fingerprint density at radius 3 is 2.52 bits per heavy atom. The van der Waals surface area contributed by atoms with E-state index in [0.29, 0.717) is 24.7 Å². The molecule has 176 valence electrons. The van der Waals surface area contributed by atoms with Crippen molar-refractivity contribution in [3.8, 4) is 0 Å². The highest BCUT2D eigenvalue weighted by Gasteiger charge is 2.40. The van der Waals surface area contributed by atoms with Crippen molar-refractivity contribution in [2.24, 2.45) is 0 Å². The number of nitrogens with zero attached hydrogens (tertiary/aromatic N) is 1. The maximum absolute atomic E-state index is 13.2. The van der Waals surface area contributed by atoms with Gasteiger partial charge in [-0.2, -0.15) is 0 Å². The van der Waals surface area contributed by atoms with Gasteiger partial charge in [-0.25, -0.2) is 4.79 Å². The highest BCUT2D eigenvalue weighted by atomic mass is 79.9. The number of amides is 3. The number of carbonyl (C=O) groups is 2. The van der Waals surface area contributed by atoms with Gasteiger partial charge < -0.3 is 25.6 Å². The van der Waals surface area contributed by atoms with Crippen LogP contribution in [0.25, 0.3) is 0 Å². The zero-order chi connectivity index (χ0) is 23.8. The van der Waals surface area contributed by atoms with E-state index in [1.165, 1.54) is 11.1 Å². The SMILES string of the molecule is CO[C@@H]1C[C@H](C(=O)Nc2ccc3c(c2)CC(C)NC3(C)C)N(C(=O)Nc2ccc(Br)cc2)C1. The zero-order valence-electron chi connectivity index (χ0n) is 19.4. The Balaban J connectivity index is 1.49. The summed E-state index contributed by atoms with van der Waals surface area (Å²) in [6.07, 6.45) is 1.17. The summed E-state index contributed by atoms with van der Waals surface area (Å²) in [6.45, 7) is 6.87. The molecule has 3 atom stereocenters. The molecular formula is C25H31BrN4O3. The first-order valence-electron chi connectivity index (χ1n) is 11.2. The zero-order valence-corrected chi connectivity index (χ0v) is 21.0. The van der Waals surface area contributed by atoms with E-state index in [9.17, 15) is 9.59 Å². The topological polar surface area (TPSA) is 82.7 Å². The number of urea groups is 1. The summed E-state index contributed by atoms with van der Waals surface area (Å²) >= 11 is 3.39. The van der Waals surface area contributed by atoms with Crippen molar-refractivity contribution in [2.45, 2.75) is 57.3 Å². The monoisotopic (exact) mass is 514 g/mol. The minimum absolute atomic E-state index is 0.116. The molecule has 1 saturated heterocycles. The average Bonchev–Trinajstić information content (AvgIpc) is 3.19. The first kappa shape index (κ1) is 23.7. The van der Waals surface area contributed by atoms with Gasteiger partial charge in [-0.05, 0) is 74.7 Å². The summed E-state index contributed by atoms with van der Waals surface area (Å²) in [7, 11) is 1.61. The minimum atomic E-state index is -0.613. The lowest BCUT2D eigenvalue weighted by molar-refractivity contribution is -0.119. The fourth-order valence-electron chi connectivity index (χ4n) is 4.92. The summed E-state index contributed by atoms with van der Waals surface area (Å²) in [5.74, 6) is -0.207. The maximum Gasteiger partial charge on any atom is 0.322 e. The highest BCUT2D eigenvalue weighted by molar-refractivity contribution is 9.10. The molecule has 2 aliphatic heterocycles. The molecule has 0 aliphatic carbocycles. The molecule has 0 spiro atoms. The second-order valence-corrected chi connectivity index (χ2v) is 10.3. The molecule has 0 bridgehead atoms. The van der Waals surface area contributed by atoms with Crippen LogP contribution in [0, 0.1) is 0 Å². The third-order valence-corrected chi connectivity index (χ3v) is 6.96. The molecule has 2 aromatic carbocycles. The van der Waals surface area contributed by atoms with Crippen molar-refractivity contribution in [3.05, 3.63) is 58.1 Å². The van der Waals surface area contributed by atoms with Gasteiger partial charge in [0.05, 0.1) is 6.10 Å². The molecule has 2 heterocycles. The quantitative estimate of drug-likeness (QED) is 0.561. The Hall–Kier alpha value is -2.42. The predicted molar refractivity (Wildman–Crippen MR) is 133 cm³/mol. The number of rotatable bonds is 4. The molecule has 1 fully saturated rings. The molecule has 3 N–H and O–H groups in total. The molecule has 2 aromatic rings. The molecule has 4 rings (SSSR count). The van der Waals surface area contributed by atoms with E-state index in [1.807, 2.05) is 30.3 Å². The van der Waals surface area contributed by atoms with Gasteiger partial charge in [0.25, 0.3) is 0 Å². The summed E-state index contributed by atoms with van der Waals surface area (Å²) in [6, 6.07) is 12.8. The summed E-state index contributed by atoms with van der Waals surface area (Å²) in [5.41, 5.74) is 3.78. The van der Waals surface area contributed by atoms with Gasteiger partial charge in [-0.1, -0.05) is 22.0 Å². The van der Waals surface area contributed by atoms with Crippen molar-refractivity contribution in [1.82, 2.24) is 10.2 Å². The van der Waals surface area contributed by atoms with Gasteiger partial charge in [0.2, 0.25) is 5.91 Å². The Morgan fingerprint density at radius 2 is 1.82 bits per heavy atom. The van der Waals surface area contributed by atoms with Crippen molar-refractivity contribution in [1.29, 1.82) is 0 Å². The molecule has 0 aromatic heterocycles. The number of likely N-dealkylation sites (tertiary alicyclic amines) is 1. The maximum atomic E-state index is 13.2. The van der Waals surface area contributed by atoms with Crippen molar-refractivity contribution in [2.75, 3.05) is 24.3 Å². The summed E-state index contributed by atoms with van der Waals surface area (Å²) in [4.78, 5) is 27.8. The second kappa shape index (κ2) is 9.44. The smallest absolute Gasteiger partial charge is 0.322 e. The lowest BCUT2D eigenvalue weighted by Crippen LogP contribution is -2.48. The Kier molecular flexibility index (Phi) is 6.79. The number of methoxy groups -OCH3 is 1. The number of carbonyl (C=O) groups excluding carboxylic acids is 2. The second-order valence-electron chi connectivity index (χ2n) is 9.43. The number of halogens is 1. The number of benzene rings is 2. The number of hydrogen-bond donors (Lipinski definition) is 3. The number of fused-ring (bicyclic) bond motifs is 1. The van der Waals surface area contributed by atoms with Crippen LogP contribution in [-0.4, -0.2) is 48.7 Å². The van der Waals surface area contributed by atoms with Crippen LogP contribution in [0.15, 0.2) is 46.9 Å². The number of ether oxygens (including phenoxy) is 1. The normalized spacial score (nSPS) is 23.7. The molecule has 0 saturated carbocycles. The van der Waals surface area contributed by atoms with Crippen LogP contribution in [0.1, 0.15) is 38.3 Å². The minimum Gasteiger partial charge on any atom is -0.380 e. The highest BCUT2D eigenvalue weighted by Crippen LogP contribution is 2.32. The van der Waals surface area contributed by atoms with Gasteiger partial charge in [-0.3, -0.25) is 4.79 Å². The molecule has 3 amide bonds. The number of anilines is 2. The van der Waals surface area contributed by atoms with E-state index in [1.54, 1.807) is 12.0 Å². The molecule has 7 nitrogen and oxygen atoms in total. The van der Waals surface area contributed by atoms with Crippen LogP contribution >= 0.6 is 15.9 Å². The summed E-state index contributed by atoms with van der Waals surface area (Å²) < 4.78 is 6.41. The van der Waals surface area contributed by atoms with E-state index < -0.39 is 6.04 Å². The number of hydrogen-bond acceptors (Lipinski definition) is 4. The Morgan fingerprint density at radius 1 is 1.12 bits per heavy atom. The van der Waals surface area contributed by atoms with Crippen molar-refractivity contribution < 1.29 is 14.3 Å². The van der Waals surface area contributed by atoms with Gasteiger partial charge in [0, 0.05) is 47.5 Å². The lowest BCUT2D eigenvalue weighted by Gasteiger charge is -2.38. The first-order chi connectivity index (χ1) is 15.7. The van der Waals surface area contributed by atoms with E-state index >= 15 is 0 Å². The van der Waals surface area contributed by atoms with E-state index in [0.717, 1.165) is 16.6 Å². The molecule has 1 unspecified atom stereocenters. The Labute approximate surface area is 203 Å². The van der Waals surface area contributed by atoms with Gasteiger partial charge in [0.1, 0.15) is 6.04 Å². The van der Waals surface area contributed by atoms with Crippen LogP contribution in [0.3, 0.4) is 0 Å². The third-order valence-electron chi connectivity index (χ3n) is 6.43. The molecule has 2 aliphatic rings. The number of nitrogens with one attached hydrogen (secondary N) is 3. The van der Waals surface area contributed by atoms with Crippen LogP contribution in [-0.2, 0) is 21.5 Å². The van der Waals surface area contributed by atoms with E-state index in [4.69, 9.17) is 4.74 Å². The van der Waals surface area contributed by atoms with E-state index in [2.05, 4.69) is 64.8 Å². The predicted octanol–water partition coefficient (Wildman–Crippen LogP) is 4.48. The Bertz CT molecular complexity index is 1040. The fourth-order valence-corrected chi connectivity index (χ4v) is 5.18. The van der Waals surface area contributed by atoms with Crippen LogP contribution < -0.4 is 16.0 Å². The average molecular weight is 515 g/mol. The van der Waals surface area contributed by atoms with Crippen molar-refractivity contribution >= 4 is 39.2 Å². The summed E-state index contributed by atoms with van der Waals surface area (Å²) in [5, 5.41) is 9.53. The molecule has 0 radical (unpaired) electrons. The van der Waals surface area contributed by atoms with Crippen LogP contribution in [0.5, 0.6) is 0 Å². The van der Waals surface area contributed by atoms with Crippen LogP contribution in [0.4, 0.5) is 16.2 Å². The van der Waals surface area contributed by atoms with Crippen molar-refractivity contribution in [3.63, 3.8) is 0 Å². The fraction of sp³-hybridized carbons (Fsp3) is 0.440. The lowest BCUT2D eigenvalue weighted by atomic mass is 9.82.